The van der Waals surface area contributed by atoms with Crippen molar-refractivity contribution >= 4 is 6.29 Å². The summed E-state index contributed by atoms with van der Waals surface area (Å²) in [5, 5.41) is 0. The molecule has 0 saturated carbocycles. The Morgan fingerprint density at radius 1 is 0.970 bits per heavy atom. The summed E-state index contributed by atoms with van der Waals surface area (Å²) in [5.74, 6) is 2.28. The molecule has 0 spiro atoms. The summed E-state index contributed by atoms with van der Waals surface area (Å²) in [6, 6.07) is 4.01. The van der Waals surface area contributed by atoms with Crippen molar-refractivity contribution in [1.82, 2.24) is 0 Å². The summed E-state index contributed by atoms with van der Waals surface area (Å²) in [6.45, 7) is 20.3. The van der Waals surface area contributed by atoms with Gasteiger partial charge in [-0.1, -0.05) is 74.8 Å². The Labute approximate surface area is 201 Å². The van der Waals surface area contributed by atoms with Crippen LogP contribution >= 0.6 is 0 Å². The number of halogens is 3. The van der Waals surface area contributed by atoms with Crippen LogP contribution in [-0.2, 0) is 17.6 Å². The number of carbonyl (C=O) groups is 1. The van der Waals surface area contributed by atoms with Gasteiger partial charge in [-0.15, -0.1) is 0 Å². The third-order valence-corrected chi connectivity index (χ3v) is 3.83. The van der Waals surface area contributed by atoms with Crippen molar-refractivity contribution in [1.29, 1.82) is 0 Å². The number of benzene rings is 1. The number of methoxy groups -OCH3 is 2. The van der Waals surface area contributed by atoms with Crippen molar-refractivity contribution in [2.24, 2.45) is 5.92 Å². The number of hydrogen-bond acceptors (Lipinski definition) is 3. The van der Waals surface area contributed by atoms with Crippen LogP contribution in [0.5, 0.6) is 11.5 Å². The molecule has 0 atom stereocenters. The second-order valence-corrected chi connectivity index (χ2v) is 7.06. The monoisotopic (exact) mass is 478 g/mol. The van der Waals surface area contributed by atoms with Crippen molar-refractivity contribution < 1.29 is 27.4 Å². The predicted octanol–water partition coefficient (Wildman–Crippen LogP) is 9.02. The van der Waals surface area contributed by atoms with E-state index in [1.54, 1.807) is 14.2 Å². The molecule has 0 saturated heterocycles. The van der Waals surface area contributed by atoms with Gasteiger partial charge in [-0.3, -0.25) is 0 Å². The summed E-state index contributed by atoms with van der Waals surface area (Å²) in [5.41, 5.74) is 1.42. The summed E-state index contributed by atoms with van der Waals surface area (Å²) in [7, 11) is 3.33. The van der Waals surface area contributed by atoms with Gasteiger partial charge in [-0.25, -0.2) is 0 Å². The van der Waals surface area contributed by atoms with Crippen molar-refractivity contribution in [3.63, 3.8) is 0 Å². The number of unbranched alkanes of at least 4 members (excludes halogenated alkanes) is 1. The average molecular weight is 479 g/mol. The van der Waals surface area contributed by atoms with Gasteiger partial charge < -0.3 is 14.3 Å². The summed E-state index contributed by atoms with van der Waals surface area (Å²) < 4.78 is 44.1. The Hall–Kier alpha value is -1.98. The zero-order valence-corrected chi connectivity index (χ0v) is 22.9. The maximum absolute atomic E-state index is 11.1. The van der Waals surface area contributed by atoms with E-state index in [1.165, 1.54) is 12.8 Å². The molecule has 0 aliphatic heterocycles. The number of alkyl halides is 3. The Morgan fingerprint density at radius 2 is 1.33 bits per heavy atom. The van der Waals surface area contributed by atoms with Crippen LogP contribution in [0.4, 0.5) is 13.2 Å². The van der Waals surface area contributed by atoms with Crippen molar-refractivity contribution in [3.8, 4) is 11.5 Å². The standard InChI is InChI=1S/C15H22O3.C4H5F3.C4H10.2C2H6/c1-11(2)8-13-10-14(17-3)12(6-5-7-16)9-15(13)18-4;1-3(2)4(5,6)7;1-3-4-2;2*1-2/h7,9-11H,5-6,8H2,1-4H3;1H2,2H3;3-4H2,1-2H3;2*1-2H3. The van der Waals surface area contributed by atoms with Crippen LogP contribution in [0.25, 0.3) is 0 Å². The number of allylic oxidation sites excluding steroid dienone is 1. The number of carbonyl (C=O) groups excluding carboxylic acids is 1. The van der Waals surface area contributed by atoms with Crippen molar-refractivity contribution in [2.75, 3.05) is 14.2 Å². The molecule has 0 aliphatic rings. The lowest BCUT2D eigenvalue weighted by Crippen LogP contribution is -2.06. The summed E-state index contributed by atoms with van der Waals surface area (Å²) >= 11 is 0. The number of ether oxygens (including phenoxy) is 2. The minimum absolute atomic E-state index is 0.503. The van der Waals surface area contributed by atoms with Crippen molar-refractivity contribution in [3.05, 3.63) is 35.4 Å². The van der Waals surface area contributed by atoms with E-state index in [4.69, 9.17) is 9.47 Å². The molecular formula is C27H49F3O3. The molecule has 1 aromatic rings. The van der Waals surface area contributed by atoms with E-state index < -0.39 is 11.7 Å². The molecule has 3 nitrogen and oxygen atoms in total. The van der Waals surface area contributed by atoms with Crippen LogP contribution in [-0.4, -0.2) is 26.7 Å². The lowest BCUT2D eigenvalue weighted by molar-refractivity contribution is -0.107. The predicted molar refractivity (Wildman–Crippen MR) is 137 cm³/mol. The molecule has 6 heteroatoms. The summed E-state index contributed by atoms with van der Waals surface area (Å²) in [4.78, 5) is 10.5. The van der Waals surface area contributed by atoms with Gasteiger partial charge in [0.25, 0.3) is 0 Å². The van der Waals surface area contributed by atoms with Gasteiger partial charge in [0.15, 0.2) is 0 Å². The van der Waals surface area contributed by atoms with Gasteiger partial charge in [-0.05, 0) is 48.9 Å². The van der Waals surface area contributed by atoms with Gasteiger partial charge in [0.2, 0.25) is 0 Å². The first-order chi connectivity index (χ1) is 15.5. The smallest absolute Gasteiger partial charge is 0.411 e. The highest BCUT2D eigenvalue weighted by molar-refractivity contribution is 5.52. The highest BCUT2D eigenvalue weighted by Crippen LogP contribution is 2.31. The molecule has 0 unspecified atom stereocenters. The first kappa shape index (κ1) is 38.3. The van der Waals surface area contributed by atoms with E-state index in [0.29, 0.717) is 18.8 Å². The zero-order chi connectivity index (χ0) is 27.0. The Bertz CT molecular complexity index is 593. The van der Waals surface area contributed by atoms with E-state index in [1.807, 2.05) is 39.8 Å². The number of aldehydes is 1. The lowest BCUT2D eigenvalue weighted by atomic mass is 9.98. The lowest BCUT2D eigenvalue weighted by Gasteiger charge is -2.15. The fraction of sp³-hybridized carbons (Fsp3) is 0.667. The molecule has 0 amide bonds. The molecule has 0 radical (unpaired) electrons. The Kier molecular flexibility index (Phi) is 28.6. The topological polar surface area (TPSA) is 35.5 Å². The van der Waals surface area contributed by atoms with Gasteiger partial charge in [0.05, 0.1) is 14.2 Å². The number of rotatable bonds is 8. The van der Waals surface area contributed by atoms with Crippen LogP contribution in [0.1, 0.15) is 92.7 Å². The van der Waals surface area contributed by atoms with Crippen LogP contribution in [0.15, 0.2) is 24.3 Å². The fourth-order valence-corrected chi connectivity index (χ4v) is 2.03. The Balaban J connectivity index is -0.000000232. The normalized spacial score (nSPS) is 9.42. The van der Waals surface area contributed by atoms with Crippen LogP contribution < -0.4 is 9.47 Å². The zero-order valence-electron chi connectivity index (χ0n) is 22.9. The molecular weight excluding hydrogens is 429 g/mol. The Morgan fingerprint density at radius 3 is 1.61 bits per heavy atom. The highest BCUT2D eigenvalue weighted by atomic mass is 19.4. The molecule has 0 aliphatic carbocycles. The molecule has 0 N–H and O–H groups in total. The van der Waals surface area contributed by atoms with Crippen LogP contribution in [0.2, 0.25) is 0 Å². The maximum Gasteiger partial charge on any atom is 0.411 e. The van der Waals surface area contributed by atoms with E-state index >= 15 is 0 Å². The number of aryl methyl sites for hydroxylation is 1. The van der Waals surface area contributed by atoms with E-state index in [9.17, 15) is 18.0 Å². The molecule has 0 aromatic heterocycles. The molecule has 0 heterocycles. The van der Waals surface area contributed by atoms with Crippen LogP contribution in [0.3, 0.4) is 0 Å². The molecule has 0 fully saturated rings. The fourth-order valence-electron chi connectivity index (χ4n) is 2.03. The largest absolute Gasteiger partial charge is 0.496 e. The third kappa shape index (κ3) is 21.6. The number of hydrogen-bond donors (Lipinski definition) is 0. The van der Waals surface area contributed by atoms with Gasteiger partial charge >= 0.3 is 6.18 Å². The second-order valence-electron chi connectivity index (χ2n) is 7.06. The second kappa shape index (κ2) is 24.7. The molecule has 1 rings (SSSR count). The van der Waals surface area contributed by atoms with E-state index in [-0.39, 0.29) is 0 Å². The van der Waals surface area contributed by atoms with Crippen molar-refractivity contribution in [2.45, 2.75) is 101 Å². The van der Waals surface area contributed by atoms with E-state index in [0.717, 1.165) is 42.3 Å². The third-order valence-electron chi connectivity index (χ3n) is 3.83. The molecule has 196 valence electrons. The quantitative estimate of drug-likeness (QED) is 0.276. The SMILES string of the molecule is C=C(C)C(F)(F)F.CC.CC.CCCC.COc1cc(CC(C)C)c(OC)cc1CCC=O. The molecule has 1 aromatic carbocycles. The molecule has 33 heavy (non-hydrogen) atoms. The van der Waals surface area contributed by atoms with E-state index in [2.05, 4.69) is 34.3 Å². The van der Waals surface area contributed by atoms with Gasteiger partial charge in [0, 0.05) is 12.0 Å². The molecule has 0 bridgehead atoms. The van der Waals surface area contributed by atoms with Crippen LogP contribution in [0, 0.1) is 5.92 Å². The summed E-state index contributed by atoms with van der Waals surface area (Å²) in [6.07, 6.45) is 1.51. The first-order valence-corrected chi connectivity index (χ1v) is 11.9. The van der Waals surface area contributed by atoms with Gasteiger partial charge in [-0.2, -0.15) is 13.2 Å². The van der Waals surface area contributed by atoms with Gasteiger partial charge in [0.1, 0.15) is 17.8 Å². The minimum atomic E-state index is -4.19. The average Bonchev–Trinajstić information content (AvgIpc) is 2.80. The first-order valence-electron chi connectivity index (χ1n) is 11.9. The highest BCUT2D eigenvalue weighted by Gasteiger charge is 2.27. The minimum Gasteiger partial charge on any atom is -0.496 e. The maximum atomic E-state index is 11.1.